The number of halogens is 3. The molecular weight excluding hydrogens is 609 g/mol. The van der Waals surface area contributed by atoms with Gasteiger partial charge in [-0.15, -0.1) is 0 Å². The maximum absolute atomic E-state index is 14.3. The van der Waals surface area contributed by atoms with Gasteiger partial charge in [0, 0.05) is 48.8 Å². The summed E-state index contributed by atoms with van der Waals surface area (Å²) in [5, 5.41) is 10.4. The van der Waals surface area contributed by atoms with Gasteiger partial charge in [0.05, 0.1) is 17.4 Å². The van der Waals surface area contributed by atoms with E-state index in [-0.39, 0.29) is 24.6 Å². The van der Waals surface area contributed by atoms with Gasteiger partial charge in [-0.05, 0) is 55.4 Å². The van der Waals surface area contributed by atoms with E-state index in [0.29, 0.717) is 35.6 Å². The highest BCUT2D eigenvalue weighted by Gasteiger charge is 2.44. The number of carbonyl (C=O) groups excluding carboxylic acids is 3. The fourth-order valence-electron chi connectivity index (χ4n) is 6.12. The Bertz CT molecular complexity index is 1850. The number of hydrogen-bond donors (Lipinski definition) is 2. The normalized spacial score (nSPS) is 18.1. The van der Waals surface area contributed by atoms with Crippen molar-refractivity contribution in [1.29, 1.82) is 0 Å². The molecule has 0 bridgehead atoms. The highest BCUT2D eigenvalue weighted by atomic mass is 19.4. The largest absolute Gasteiger partial charge is 0.416 e. The molecule has 1 aromatic heterocycles. The Morgan fingerprint density at radius 1 is 0.979 bits per heavy atom. The Kier molecular flexibility index (Phi) is 8.69. The Balaban J connectivity index is 1.39. The zero-order valence-electron chi connectivity index (χ0n) is 25.8. The van der Waals surface area contributed by atoms with Crippen LogP contribution in [-0.2, 0) is 22.3 Å². The summed E-state index contributed by atoms with van der Waals surface area (Å²) in [5.41, 5.74) is 2.34. The molecule has 2 N–H and O–H groups in total. The summed E-state index contributed by atoms with van der Waals surface area (Å²) in [6.07, 6.45) is -1.09. The molecule has 2 atom stereocenters. The van der Waals surface area contributed by atoms with Gasteiger partial charge in [-0.25, -0.2) is 4.68 Å². The average molecular weight is 643 g/mol. The molecule has 3 aromatic carbocycles. The number of likely N-dealkylation sites (N-methyl/N-ethyl adjacent to an activating group) is 2. The van der Waals surface area contributed by atoms with Crippen LogP contribution in [0.1, 0.15) is 45.5 Å². The minimum absolute atomic E-state index is 0.163. The molecule has 2 aliphatic rings. The predicted molar refractivity (Wildman–Crippen MR) is 170 cm³/mol. The summed E-state index contributed by atoms with van der Waals surface area (Å²) >= 11 is 0. The molecule has 3 amide bonds. The van der Waals surface area contributed by atoms with E-state index in [4.69, 9.17) is 0 Å². The van der Waals surface area contributed by atoms with Gasteiger partial charge in [-0.3, -0.25) is 24.2 Å². The second-order valence-corrected chi connectivity index (χ2v) is 11.6. The summed E-state index contributed by atoms with van der Waals surface area (Å²) in [7, 11) is 1.93. The smallest absolute Gasteiger partial charge is 0.348 e. The zero-order chi connectivity index (χ0) is 33.3. The molecule has 3 heterocycles. The molecule has 0 unspecified atom stereocenters. The van der Waals surface area contributed by atoms with E-state index in [2.05, 4.69) is 15.7 Å². The van der Waals surface area contributed by atoms with E-state index in [9.17, 15) is 27.6 Å². The number of rotatable bonds is 8. The van der Waals surface area contributed by atoms with E-state index in [1.807, 2.05) is 72.6 Å². The SMILES string of the molecule is CCN1C(=O)[C@@H](NC(=O)c2cccc(C(F)(F)F)c2)[C@H](c2cccc(CNC(=O)C3=CCN(C)C3)c2)c2cnn(-c3ccccc3)c21. The van der Waals surface area contributed by atoms with Gasteiger partial charge in [0.15, 0.2) is 0 Å². The number of carbonyl (C=O) groups is 3. The number of alkyl halides is 3. The molecule has 0 aliphatic carbocycles. The Hall–Kier alpha value is -5.23. The van der Waals surface area contributed by atoms with Crippen molar-refractivity contribution < 1.29 is 27.6 Å². The molecule has 12 heteroatoms. The maximum atomic E-state index is 14.3. The van der Waals surface area contributed by atoms with Crippen LogP contribution in [0, 0.1) is 0 Å². The first-order valence-corrected chi connectivity index (χ1v) is 15.2. The minimum Gasteiger partial charge on any atom is -0.348 e. The molecule has 242 valence electrons. The van der Waals surface area contributed by atoms with Gasteiger partial charge in [-0.2, -0.15) is 18.3 Å². The summed E-state index contributed by atoms with van der Waals surface area (Å²) in [6, 6.07) is 19.6. The third-order valence-electron chi connectivity index (χ3n) is 8.43. The van der Waals surface area contributed by atoms with Gasteiger partial charge in [0.2, 0.25) is 5.91 Å². The number of aromatic nitrogens is 2. The molecular formula is C35H33F3N6O3. The first-order chi connectivity index (χ1) is 22.5. The van der Waals surface area contributed by atoms with Crippen molar-refractivity contribution in [2.45, 2.75) is 31.6 Å². The first kappa shape index (κ1) is 31.7. The number of hydrogen-bond acceptors (Lipinski definition) is 5. The fraction of sp³-hybridized carbons (Fsp3) is 0.257. The van der Waals surface area contributed by atoms with Crippen molar-refractivity contribution >= 4 is 23.5 Å². The van der Waals surface area contributed by atoms with Crippen LogP contribution in [0.15, 0.2) is 96.7 Å². The quantitative estimate of drug-likeness (QED) is 0.291. The van der Waals surface area contributed by atoms with Crippen LogP contribution in [0.25, 0.3) is 5.69 Å². The lowest BCUT2D eigenvalue weighted by atomic mass is 9.81. The van der Waals surface area contributed by atoms with E-state index < -0.39 is 35.5 Å². The third-order valence-corrected chi connectivity index (χ3v) is 8.43. The van der Waals surface area contributed by atoms with Crippen molar-refractivity contribution in [3.05, 3.63) is 125 Å². The molecule has 4 aromatic rings. The van der Waals surface area contributed by atoms with Crippen LogP contribution in [0.5, 0.6) is 0 Å². The maximum Gasteiger partial charge on any atom is 0.416 e. The predicted octanol–water partition coefficient (Wildman–Crippen LogP) is 4.68. The van der Waals surface area contributed by atoms with Gasteiger partial charge in [-0.1, -0.05) is 54.6 Å². The average Bonchev–Trinajstić information content (AvgIpc) is 3.71. The zero-order valence-corrected chi connectivity index (χ0v) is 25.8. The molecule has 2 aliphatic heterocycles. The lowest BCUT2D eigenvalue weighted by molar-refractivity contribution is -0.137. The van der Waals surface area contributed by atoms with E-state index in [1.54, 1.807) is 17.8 Å². The van der Waals surface area contributed by atoms with Crippen LogP contribution in [0.2, 0.25) is 0 Å². The second-order valence-electron chi connectivity index (χ2n) is 11.6. The summed E-state index contributed by atoms with van der Waals surface area (Å²) in [6.45, 7) is 3.55. The molecule has 6 rings (SSSR count). The summed E-state index contributed by atoms with van der Waals surface area (Å²) < 4.78 is 42.1. The van der Waals surface area contributed by atoms with Crippen LogP contribution in [-0.4, -0.2) is 65.1 Å². The Morgan fingerprint density at radius 3 is 2.45 bits per heavy atom. The van der Waals surface area contributed by atoms with Crippen LogP contribution < -0.4 is 15.5 Å². The van der Waals surface area contributed by atoms with Crippen molar-refractivity contribution in [1.82, 2.24) is 25.3 Å². The fourth-order valence-corrected chi connectivity index (χ4v) is 6.12. The number of benzene rings is 3. The van der Waals surface area contributed by atoms with Gasteiger partial charge >= 0.3 is 6.18 Å². The number of fused-ring (bicyclic) bond motifs is 1. The van der Waals surface area contributed by atoms with Crippen molar-refractivity contribution in [2.75, 3.05) is 31.6 Å². The lowest BCUT2D eigenvalue weighted by Gasteiger charge is -2.38. The van der Waals surface area contributed by atoms with Crippen LogP contribution in [0.4, 0.5) is 19.0 Å². The van der Waals surface area contributed by atoms with Gasteiger partial charge in [0.25, 0.3) is 11.8 Å². The first-order valence-electron chi connectivity index (χ1n) is 15.2. The highest BCUT2D eigenvalue weighted by Crippen LogP contribution is 2.41. The Morgan fingerprint density at radius 2 is 1.74 bits per heavy atom. The third kappa shape index (κ3) is 6.41. The van der Waals surface area contributed by atoms with Crippen LogP contribution in [0.3, 0.4) is 0 Å². The molecule has 0 radical (unpaired) electrons. The standard InChI is InChI=1S/C35H33F3N6O3/c1-3-43-33-28(20-40-44(33)27-13-5-4-6-14-27)29(23-10-7-9-22(17-23)19-39-31(45)25-15-16-42(2)21-25)30(34(43)47)41-32(46)24-11-8-12-26(18-24)35(36,37)38/h4-15,17-18,20,29-30H,3,16,19,21H2,1-2H3,(H,39,45)(H,41,46)/t29-,30+/m1/s1. The van der Waals surface area contributed by atoms with E-state index >= 15 is 0 Å². The molecule has 0 saturated carbocycles. The van der Waals surface area contributed by atoms with Gasteiger partial charge in [0.1, 0.15) is 11.9 Å². The van der Waals surface area contributed by atoms with E-state index in [0.717, 1.165) is 29.4 Å². The molecule has 0 fully saturated rings. The summed E-state index contributed by atoms with van der Waals surface area (Å²) in [4.78, 5) is 44.1. The van der Waals surface area contributed by atoms with E-state index in [1.165, 1.54) is 11.0 Å². The van der Waals surface area contributed by atoms with Crippen molar-refractivity contribution in [2.24, 2.45) is 0 Å². The summed E-state index contributed by atoms with van der Waals surface area (Å²) in [5.74, 6) is -1.61. The van der Waals surface area contributed by atoms with Crippen molar-refractivity contribution in [3.63, 3.8) is 0 Å². The number of amides is 3. The molecule has 9 nitrogen and oxygen atoms in total. The highest BCUT2D eigenvalue weighted by molar-refractivity contribution is 6.05. The molecule has 0 spiro atoms. The lowest BCUT2D eigenvalue weighted by Crippen LogP contribution is -2.55. The number of nitrogens with one attached hydrogen (secondary N) is 2. The monoisotopic (exact) mass is 642 g/mol. The van der Waals surface area contributed by atoms with Crippen molar-refractivity contribution in [3.8, 4) is 5.69 Å². The topological polar surface area (TPSA) is 99.6 Å². The van der Waals surface area contributed by atoms with Crippen LogP contribution >= 0.6 is 0 Å². The molecule has 0 saturated heterocycles. The van der Waals surface area contributed by atoms with Gasteiger partial charge < -0.3 is 10.6 Å². The number of nitrogens with zero attached hydrogens (tertiary/aromatic N) is 4. The number of anilines is 1. The minimum atomic E-state index is -4.64. The second kappa shape index (κ2) is 12.9. The molecule has 47 heavy (non-hydrogen) atoms. The number of para-hydroxylation sites is 1. The Labute approximate surface area is 269 Å².